The van der Waals surface area contributed by atoms with Crippen molar-refractivity contribution in [2.24, 2.45) is 0 Å². The van der Waals surface area contributed by atoms with Gasteiger partial charge in [-0.2, -0.15) is 0 Å². The van der Waals surface area contributed by atoms with Crippen LogP contribution in [0.2, 0.25) is 0 Å². The fourth-order valence-corrected chi connectivity index (χ4v) is 2.75. The maximum atomic E-state index is 5.15. The van der Waals surface area contributed by atoms with Gasteiger partial charge in [0.2, 0.25) is 0 Å². The third-order valence-corrected chi connectivity index (χ3v) is 4.07. The van der Waals surface area contributed by atoms with E-state index in [9.17, 15) is 0 Å². The van der Waals surface area contributed by atoms with Crippen LogP contribution in [0.15, 0.2) is 29.6 Å². The summed E-state index contributed by atoms with van der Waals surface area (Å²) >= 11 is 1.71. The minimum Gasteiger partial charge on any atom is -0.380 e. The molecule has 1 heterocycles. The van der Waals surface area contributed by atoms with E-state index in [0.29, 0.717) is 6.61 Å². The summed E-state index contributed by atoms with van der Waals surface area (Å²) in [5.74, 6) is 0. The van der Waals surface area contributed by atoms with Gasteiger partial charge in [-0.1, -0.05) is 24.3 Å². The molecule has 1 aromatic heterocycles. The normalized spacial score (nSPS) is 12.6. The summed E-state index contributed by atoms with van der Waals surface area (Å²) in [6, 6.07) is 8.75. The smallest absolute Gasteiger partial charge is 0.110 e. The topological polar surface area (TPSA) is 34.1 Å². The molecule has 0 fully saturated rings. The van der Waals surface area contributed by atoms with Crippen LogP contribution in [0.1, 0.15) is 34.8 Å². The van der Waals surface area contributed by atoms with E-state index in [0.717, 1.165) is 17.2 Å². The van der Waals surface area contributed by atoms with E-state index in [1.165, 1.54) is 11.1 Å². The second-order valence-corrected chi connectivity index (χ2v) is 5.57. The average molecular weight is 276 g/mol. The monoisotopic (exact) mass is 276 g/mol. The number of methoxy groups -OCH3 is 1. The highest BCUT2D eigenvalue weighted by atomic mass is 32.1. The Kier molecular flexibility index (Phi) is 5.07. The van der Waals surface area contributed by atoms with E-state index in [1.54, 1.807) is 18.4 Å². The van der Waals surface area contributed by atoms with Crippen LogP contribution in [0, 0.1) is 6.92 Å². The zero-order valence-corrected chi connectivity index (χ0v) is 12.5. The molecule has 0 aliphatic rings. The molecule has 2 rings (SSSR count). The Morgan fingerprint density at radius 3 is 2.84 bits per heavy atom. The second kappa shape index (κ2) is 6.80. The van der Waals surface area contributed by atoms with Gasteiger partial charge in [-0.25, -0.2) is 4.98 Å². The number of hydrogen-bond acceptors (Lipinski definition) is 4. The summed E-state index contributed by atoms with van der Waals surface area (Å²) < 4.78 is 5.15. The number of nitrogens with one attached hydrogen (secondary N) is 1. The van der Waals surface area contributed by atoms with Gasteiger partial charge in [-0.05, 0) is 25.0 Å². The molecule has 0 aliphatic carbocycles. The summed E-state index contributed by atoms with van der Waals surface area (Å²) in [6.45, 7) is 5.69. The number of aromatic nitrogens is 1. The van der Waals surface area contributed by atoms with Gasteiger partial charge in [-0.3, -0.25) is 0 Å². The van der Waals surface area contributed by atoms with Gasteiger partial charge >= 0.3 is 0 Å². The maximum absolute atomic E-state index is 5.15. The predicted molar refractivity (Wildman–Crippen MR) is 79.3 cm³/mol. The molecular weight excluding hydrogens is 256 g/mol. The quantitative estimate of drug-likeness (QED) is 0.877. The number of nitrogens with zero attached hydrogens (tertiary/aromatic N) is 1. The van der Waals surface area contributed by atoms with Crippen LogP contribution in [0.25, 0.3) is 0 Å². The largest absolute Gasteiger partial charge is 0.380 e. The molecular formula is C15H20N2OS. The SMILES string of the molecule is COCc1cccc(CNC(C)c2nc(C)cs2)c1. The van der Waals surface area contributed by atoms with Crippen LogP contribution in [0.3, 0.4) is 0 Å². The summed E-state index contributed by atoms with van der Waals surface area (Å²) in [5.41, 5.74) is 3.57. The zero-order chi connectivity index (χ0) is 13.7. The Bertz CT molecular complexity index is 524. The molecule has 3 nitrogen and oxygen atoms in total. The first-order valence-electron chi connectivity index (χ1n) is 6.41. The molecule has 1 unspecified atom stereocenters. The van der Waals surface area contributed by atoms with Gasteiger partial charge in [0.15, 0.2) is 0 Å². The molecule has 1 aromatic carbocycles. The highest BCUT2D eigenvalue weighted by Crippen LogP contribution is 2.18. The Hall–Kier alpha value is -1.23. The fraction of sp³-hybridized carbons (Fsp3) is 0.400. The lowest BCUT2D eigenvalue weighted by Crippen LogP contribution is -2.18. The summed E-state index contributed by atoms with van der Waals surface area (Å²) in [7, 11) is 1.72. The van der Waals surface area contributed by atoms with Crippen LogP contribution in [0.5, 0.6) is 0 Å². The van der Waals surface area contributed by atoms with E-state index in [2.05, 4.69) is 46.9 Å². The summed E-state index contributed by atoms with van der Waals surface area (Å²) in [4.78, 5) is 4.51. The number of aryl methyl sites for hydroxylation is 1. The third kappa shape index (κ3) is 4.13. The fourth-order valence-electron chi connectivity index (χ4n) is 1.93. The number of hydrogen-bond donors (Lipinski definition) is 1. The maximum Gasteiger partial charge on any atom is 0.110 e. The standard InChI is InChI=1S/C15H20N2OS/c1-11-10-19-15(17-11)12(2)16-8-13-5-4-6-14(7-13)9-18-3/h4-7,10,12,16H,8-9H2,1-3H3. The molecule has 0 saturated carbocycles. The van der Waals surface area contributed by atoms with Crippen molar-refractivity contribution >= 4 is 11.3 Å². The Morgan fingerprint density at radius 1 is 1.37 bits per heavy atom. The molecule has 0 spiro atoms. The highest BCUT2D eigenvalue weighted by Gasteiger charge is 2.08. The van der Waals surface area contributed by atoms with Crippen molar-refractivity contribution in [1.29, 1.82) is 0 Å². The van der Waals surface area contributed by atoms with Crippen LogP contribution >= 0.6 is 11.3 Å². The van der Waals surface area contributed by atoms with Gasteiger partial charge in [0.1, 0.15) is 5.01 Å². The second-order valence-electron chi connectivity index (χ2n) is 4.68. The lowest BCUT2D eigenvalue weighted by molar-refractivity contribution is 0.185. The van der Waals surface area contributed by atoms with Crippen molar-refractivity contribution in [2.45, 2.75) is 33.0 Å². The van der Waals surface area contributed by atoms with Crippen LogP contribution in [-0.2, 0) is 17.9 Å². The molecule has 0 aliphatic heterocycles. The van der Waals surface area contributed by atoms with E-state index < -0.39 is 0 Å². The van der Waals surface area contributed by atoms with E-state index in [1.807, 2.05) is 6.92 Å². The van der Waals surface area contributed by atoms with Crippen molar-refractivity contribution in [3.63, 3.8) is 0 Å². The van der Waals surface area contributed by atoms with Crippen molar-refractivity contribution in [3.8, 4) is 0 Å². The first kappa shape index (κ1) is 14.2. The predicted octanol–water partition coefficient (Wildman–Crippen LogP) is 3.45. The molecule has 2 aromatic rings. The van der Waals surface area contributed by atoms with Gasteiger partial charge in [0.05, 0.1) is 12.6 Å². The molecule has 0 amide bonds. The molecule has 102 valence electrons. The van der Waals surface area contributed by atoms with Crippen LogP contribution in [-0.4, -0.2) is 12.1 Å². The van der Waals surface area contributed by atoms with Gasteiger partial charge in [0.25, 0.3) is 0 Å². The minimum atomic E-state index is 0.282. The molecule has 0 bridgehead atoms. The van der Waals surface area contributed by atoms with Crippen molar-refractivity contribution < 1.29 is 4.74 Å². The first-order valence-corrected chi connectivity index (χ1v) is 7.29. The lowest BCUT2D eigenvalue weighted by Gasteiger charge is -2.12. The molecule has 19 heavy (non-hydrogen) atoms. The number of rotatable bonds is 6. The van der Waals surface area contributed by atoms with Crippen LogP contribution < -0.4 is 5.32 Å². The Labute approximate surface area is 118 Å². The number of thiazole rings is 1. The summed E-state index contributed by atoms with van der Waals surface area (Å²) in [5, 5.41) is 6.74. The number of ether oxygens (including phenoxy) is 1. The van der Waals surface area contributed by atoms with E-state index in [4.69, 9.17) is 4.74 Å². The van der Waals surface area contributed by atoms with Crippen LogP contribution in [0.4, 0.5) is 0 Å². The Balaban J connectivity index is 1.93. The molecule has 0 radical (unpaired) electrons. The van der Waals surface area contributed by atoms with Crippen molar-refractivity contribution in [1.82, 2.24) is 10.3 Å². The first-order chi connectivity index (χ1) is 9.19. The minimum absolute atomic E-state index is 0.282. The van der Waals surface area contributed by atoms with Crippen molar-refractivity contribution in [3.05, 3.63) is 51.5 Å². The third-order valence-electron chi connectivity index (χ3n) is 2.92. The van der Waals surface area contributed by atoms with E-state index >= 15 is 0 Å². The lowest BCUT2D eigenvalue weighted by atomic mass is 10.1. The summed E-state index contributed by atoms with van der Waals surface area (Å²) in [6.07, 6.45) is 0. The van der Waals surface area contributed by atoms with E-state index in [-0.39, 0.29) is 6.04 Å². The van der Waals surface area contributed by atoms with Crippen molar-refractivity contribution in [2.75, 3.05) is 7.11 Å². The van der Waals surface area contributed by atoms with Gasteiger partial charge in [-0.15, -0.1) is 11.3 Å². The average Bonchev–Trinajstić information content (AvgIpc) is 2.84. The Morgan fingerprint density at radius 2 is 2.16 bits per heavy atom. The molecule has 1 atom stereocenters. The number of benzene rings is 1. The molecule has 4 heteroatoms. The highest BCUT2D eigenvalue weighted by molar-refractivity contribution is 7.09. The molecule has 0 saturated heterocycles. The van der Waals surface area contributed by atoms with Gasteiger partial charge < -0.3 is 10.1 Å². The van der Waals surface area contributed by atoms with Gasteiger partial charge in [0, 0.05) is 24.7 Å². The zero-order valence-electron chi connectivity index (χ0n) is 11.6. The molecule has 1 N–H and O–H groups in total.